The molecule has 0 spiro atoms. The van der Waals surface area contributed by atoms with Gasteiger partial charge in [0, 0.05) is 25.2 Å². The molecule has 3 rings (SSSR count). The minimum atomic E-state index is 0.703. The molecule has 0 amide bonds. The highest BCUT2D eigenvalue weighted by Gasteiger charge is 2.09. The minimum absolute atomic E-state index is 0.703. The first-order valence-corrected chi connectivity index (χ1v) is 8.78. The van der Waals surface area contributed by atoms with Gasteiger partial charge in [0.1, 0.15) is 5.75 Å². The van der Waals surface area contributed by atoms with Gasteiger partial charge in [-0.1, -0.05) is 30.3 Å². The number of hydrazone groups is 1. The summed E-state index contributed by atoms with van der Waals surface area (Å²) in [4.78, 5) is 2.42. The van der Waals surface area contributed by atoms with E-state index in [1.54, 1.807) is 6.21 Å². The molecule has 2 aromatic rings. The van der Waals surface area contributed by atoms with Crippen molar-refractivity contribution < 1.29 is 9.47 Å². The van der Waals surface area contributed by atoms with Crippen LogP contribution in [0.2, 0.25) is 0 Å². The Labute approximate surface area is 149 Å². The predicted molar refractivity (Wildman–Crippen MR) is 101 cm³/mol. The van der Waals surface area contributed by atoms with Crippen LogP contribution in [0.1, 0.15) is 12.0 Å². The molecule has 1 heterocycles. The van der Waals surface area contributed by atoms with Crippen LogP contribution in [0, 0.1) is 0 Å². The number of para-hydroxylation sites is 2. The lowest BCUT2D eigenvalue weighted by atomic mass is 10.2. The van der Waals surface area contributed by atoms with Crippen molar-refractivity contribution in [3.8, 4) is 5.75 Å². The Morgan fingerprint density at radius 3 is 2.64 bits per heavy atom. The van der Waals surface area contributed by atoms with Crippen molar-refractivity contribution in [1.29, 1.82) is 0 Å². The summed E-state index contributed by atoms with van der Waals surface area (Å²) in [6.45, 7) is 5.48. The van der Waals surface area contributed by atoms with Crippen LogP contribution in [0.25, 0.3) is 0 Å². The van der Waals surface area contributed by atoms with E-state index in [0.717, 1.165) is 56.3 Å². The molecule has 1 saturated heterocycles. The van der Waals surface area contributed by atoms with Gasteiger partial charge >= 0.3 is 0 Å². The standard InChI is InChI=1S/C20H25N3O2/c1-2-8-19(9-3-1)22-21-17-18-7-4-5-10-20(18)25-14-6-11-23-12-15-24-16-13-23/h1-5,7-10,17,22H,6,11-16H2. The maximum atomic E-state index is 5.95. The lowest BCUT2D eigenvalue weighted by molar-refractivity contribution is 0.0358. The molecular weight excluding hydrogens is 314 g/mol. The van der Waals surface area contributed by atoms with Crippen molar-refractivity contribution in [1.82, 2.24) is 4.90 Å². The maximum absolute atomic E-state index is 5.95. The summed E-state index contributed by atoms with van der Waals surface area (Å²) < 4.78 is 11.3. The van der Waals surface area contributed by atoms with Crippen LogP contribution in [-0.2, 0) is 4.74 Å². The third-order valence-electron chi connectivity index (χ3n) is 4.07. The molecule has 0 aromatic heterocycles. The number of rotatable bonds is 8. The minimum Gasteiger partial charge on any atom is -0.493 e. The van der Waals surface area contributed by atoms with Gasteiger partial charge in [0.25, 0.3) is 0 Å². The van der Waals surface area contributed by atoms with Crippen LogP contribution in [0.3, 0.4) is 0 Å². The molecule has 0 bridgehead atoms. The largest absolute Gasteiger partial charge is 0.493 e. The molecule has 0 radical (unpaired) electrons. The fourth-order valence-electron chi connectivity index (χ4n) is 2.70. The Bertz CT molecular complexity index is 655. The predicted octanol–water partition coefficient (Wildman–Crippen LogP) is 3.23. The second kappa shape index (κ2) is 9.81. The van der Waals surface area contributed by atoms with Gasteiger partial charge in [-0.25, -0.2) is 0 Å². The van der Waals surface area contributed by atoms with Crippen LogP contribution in [0.5, 0.6) is 5.75 Å². The normalized spacial score (nSPS) is 15.4. The third-order valence-corrected chi connectivity index (χ3v) is 4.07. The highest BCUT2D eigenvalue weighted by Crippen LogP contribution is 2.16. The Balaban J connectivity index is 1.46. The topological polar surface area (TPSA) is 46.1 Å². The highest BCUT2D eigenvalue weighted by molar-refractivity contribution is 5.83. The Morgan fingerprint density at radius 1 is 1.04 bits per heavy atom. The van der Waals surface area contributed by atoms with Crippen molar-refractivity contribution in [2.45, 2.75) is 6.42 Å². The van der Waals surface area contributed by atoms with Gasteiger partial charge in [0.15, 0.2) is 0 Å². The number of ether oxygens (including phenoxy) is 2. The molecule has 0 aliphatic carbocycles. The fourth-order valence-corrected chi connectivity index (χ4v) is 2.70. The summed E-state index contributed by atoms with van der Waals surface area (Å²) in [5.41, 5.74) is 4.96. The lowest BCUT2D eigenvalue weighted by Gasteiger charge is -2.26. The molecule has 2 aromatic carbocycles. The Hall–Kier alpha value is -2.37. The van der Waals surface area contributed by atoms with Crippen LogP contribution in [0.4, 0.5) is 5.69 Å². The number of hydrogen-bond donors (Lipinski definition) is 1. The molecule has 1 aliphatic rings. The van der Waals surface area contributed by atoms with Crippen molar-refractivity contribution >= 4 is 11.9 Å². The summed E-state index contributed by atoms with van der Waals surface area (Å²) in [6.07, 6.45) is 2.80. The first kappa shape index (κ1) is 17.5. The highest BCUT2D eigenvalue weighted by atomic mass is 16.5. The maximum Gasteiger partial charge on any atom is 0.128 e. The van der Waals surface area contributed by atoms with E-state index in [9.17, 15) is 0 Å². The van der Waals surface area contributed by atoms with E-state index in [1.165, 1.54) is 0 Å². The molecular formula is C20H25N3O2. The van der Waals surface area contributed by atoms with Gasteiger partial charge in [0.2, 0.25) is 0 Å². The summed E-state index contributed by atoms with van der Waals surface area (Å²) in [7, 11) is 0. The molecule has 1 fully saturated rings. The zero-order valence-electron chi connectivity index (χ0n) is 14.4. The molecule has 1 aliphatic heterocycles. The number of morpholine rings is 1. The first-order valence-electron chi connectivity index (χ1n) is 8.78. The van der Waals surface area contributed by atoms with E-state index in [2.05, 4.69) is 15.4 Å². The Morgan fingerprint density at radius 2 is 1.80 bits per heavy atom. The van der Waals surface area contributed by atoms with Crippen molar-refractivity contribution in [3.05, 3.63) is 60.2 Å². The summed E-state index contributed by atoms with van der Waals surface area (Å²) in [5, 5.41) is 4.30. The summed E-state index contributed by atoms with van der Waals surface area (Å²) in [6, 6.07) is 17.9. The average Bonchev–Trinajstić information content (AvgIpc) is 2.68. The number of benzene rings is 2. The number of nitrogens with one attached hydrogen (secondary N) is 1. The van der Waals surface area contributed by atoms with E-state index in [0.29, 0.717) is 6.61 Å². The zero-order valence-corrected chi connectivity index (χ0v) is 14.4. The van der Waals surface area contributed by atoms with E-state index >= 15 is 0 Å². The smallest absolute Gasteiger partial charge is 0.128 e. The second-order valence-electron chi connectivity index (χ2n) is 5.93. The van der Waals surface area contributed by atoms with E-state index in [4.69, 9.17) is 9.47 Å². The molecule has 5 heteroatoms. The van der Waals surface area contributed by atoms with E-state index in [1.807, 2.05) is 54.6 Å². The van der Waals surface area contributed by atoms with Crippen LogP contribution >= 0.6 is 0 Å². The van der Waals surface area contributed by atoms with Crippen molar-refractivity contribution in [3.63, 3.8) is 0 Å². The fraction of sp³-hybridized carbons (Fsp3) is 0.350. The zero-order chi connectivity index (χ0) is 17.2. The molecule has 5 nitrogen and oxygen atoms in total. The van der Waals surface area contributed by atoms with Crippen LogP contribution < -0.4 is 10.2 Å². The number of hydrogen-bond acceptors (Lipinski definition) is 5. The van der Waals surface area contributed by atoms with Gasteiger partial charge in [-0.15, -0.1) is 0 Å². The van der Waals surface area contributed by atoms with Gasteiger partial charge < -0.3 is 9.47 Å². The molecule has 1 N–H and O–H groups in total. The quantitative estimate of drug-likeness (QED) is 0.456. The van der Waals surface area contributed by atoms with Gasteiger partial charge in [-0.05, 0) is 30.7 Å². The first-order chi connectivity index (χ1) is 12.4. The van der Waals surface area contributed by atoms with Crippen LogP contribution in [0.15, 0.2) is 59.7 Å². The monoisotopic (exact) mass is 339 g/mol. The van der Waals surface area contributed by atoms with E-state index in [-0.39, 0.29) is 0 Å². The molecule has 25 heavy (non-hydrogen) atoms. The molecule has 132 valence electrons. The van der Waals surface area contributed by atoms with Gasteiger partial charge in [-0.3, -0.25) is 10.3 Å². The van der Waals surface area contributed by atoms with Gasteiger partial charge in [0.05, 0.1) is 31.7 Å². The number of anilines is 1. The van der Waals surface area contributed by atoms with E-state index < -0.39 is 0 Å². The third kappa shape index (κ3) is 5.89. The number of nitrogens with zero attached hydrogens (tertiary/aromatic N) is 2. The van der Waals surface area contributed by atoms with Crippen molar-refractivity contribution in [2.24, 2.45) is 5.10 Å². The molecule has 0 unspecified atom stereocenters. The van der Waals surface area contributed by atoms with Crippen molar-refractivity contribution in [2.75, 3.05) is 44.9 Å². The summed E-state index contributed by atoms with van der Waals surface area (Å²) >= 11 is 0. The van der Waals surface area contributed by atoms with Gasteiger partial charge in [-0.2, -0.15) is 5.10 Å². The average molecular weight is 339 g/mol. The SMILES string of the molecule is C(=NNc1ccccc1)c1ccccc1OCCCN1CCOCC1. The van der Waals surface area contributed by atoms with Crippen LogP contribution in [-0.4, -0.2) is 50.6 Å². The Kier molecular flexibility index (Phi) is 6.85. The lowest BCUT2D eigenvalue weighted by Crippen LogP contribution is -2.37. The second-order valence-corrected chi connectivity index (χ2v) is 5.93. The molecule has 0 saturated carbocycles. The molecule has 0 atom stereocenters. The summed E-state index contributed by atoms with van der Waals surface area (Å²) in [5.74, 6) is 0.864.